The standard InChI is InChI=1S/C9H12N4OS2/c10-8(15)7-1-2-11-12-9(7)13-3-5-16(14)6-4-13/h1-2H,3-6H2,(H2,10,15). The van der Waals surface area contributed by atoms with Gasteiger partial charge in [-0.25, -0.2) is 0 Å². The van der Waals surface area contributed by atoms with Crippen molar-refractivity contribution in [1.29, 1.82) is 0 Å². The Bertz CT molecular complexity index is 427. The van der Waals surface area contributed by atoms with Gasteiger partial charge in [-0.05, 0) is 6.07 Å². The highest BCUT2D eigenvalue weighted by Crippen LogP contribution is 2.17. The van der Waals surface area contributed by atoms with Crippen molar-refractivity contribution in [2.24, 2.45) is 5.73 Å². The van der Waals surface area contributed by atoms with Gasteiger partial charge in [-0.1, -0.05) is 12.2 Å². The third kappa shape index (κ3) is 2.35. The van der Waals surface area contributed by atoms with Crippen molar-refractivity contribution in [2.45, 2.75) is 0 Å². The first-order valence-electron chi connectivity index (χ1n) is 4.90. The van der Waals surface area contributed by atoms with Crippen LogP contribution < -0.4 is 10.6 Å². The fourth-order valence-electron chi connectivity index (χ4n) is 1.60. The summed E-state index contributed by atoms with van der Waals surface area (Å²) in [6.45, 7) is 1.42. The molecule has 1 aliphatic rings. The van der Waals surface area contributed by atoms with Gasteiger partial charge in [-0.15, -0.1) is 5.10 Å². The number of hydrogen-bond donors (Lipinski definition) is 1. The van der Waals surface area contributed by atoms with E-state index in [1.54, 1.807) is 12.3 Å². The second kappa shape index (κ2) is 4.84. The minimum Gasteiger partial charge on any atom is -0.389 e. The molecule has 0 radical (unpaired) electrons. The molecule has 1 fully saturated rings. The zero-order valence-electron chi connectivity index (χ0n) is 8.63. The number of rotatable bonds is 2. The minimum absolute atomic E-state index is 0.316. The second-order valence-corrected chi connectivity index (χ2v) is 5.60. The summed E-state index contributed by atoms with van der Waals surface area (Å²) in [5.74, 6) is 2.02. The van der Waals surface area contributed by atoms with Gasteiger partial charge < -0.3 is 10.6 Å². The van der Waals surface area contributed by atoms with E-state index in [1.807, 2.05) is 4.90 Å². The Morgan fingerprint density at radius 1 is 1.50 bits per heavy atom. The van der Waals surface area contributed by atoms with Crippen LogP contribution in [0.1, 0.15) is 5.56 Å². The van der Waals surface area contributed by atoms with E-state index in [4.69, 9.17) is 18.0 Å². The number of nitrogens with zero attached hydrogens (tertiary/aromatic N) is 3. The molecule has 1 aromatic rings. The average molecular weight is 256 g/mol. The lowest BCUT2D eigenvalue weighted by Crippen LogP contribution is -2.39. The SMILES string of the molecule is NC(=S)c1ccnnc1N1CCS(=O)CC1. The fourth-order valence-corrected chi connectivity index (χ4v) is 2.81. The van der Waals surface area contributed by atoms with Gasteiger partial charge in [0.15, 0.2) is 5.82 Å². The first-order valence-corrected chi connectivity index (χ1v) is 6.79. The third-order valence-corrected chi connectivity index (χ3v) is 3.94. The molecule has 16 heavy (non-hydrogen) atoms. The van der Waals surface area contributed by atoms with Crippen molar-refractivity contribution >= 4 is 33.8 Å². The van der Waals surface area contributed by atoms with Crippen molar-refractivity contribution in [3.63, 3.8) is 0 Å². The van der Waals surface area contributed by atoms with Crippen molar-refractivity contribution in [3.05, 3.63) is 17.8 Å². The van der Waals surface area contributed by atoms with Gasteiger partial charge in [0.1, 0.15) is 4.99 Å². The molecule has 5 nitrogen and oxygen atoms in total. The molecule has 0 unspecified atom stereocenters. The molecule has 1 saturated heterocycles. The predicted octanol–water partition coefficient (Wildman–Crippen LogP) is -0.321. The van der Waals surface area contributed by atoms with Crippen LogP contribution in [0, 0.1) is 0 Å². The number of nitrogens with two attached hydrogens (primary N) is 1. The second-order valence-electron chi connectivity index (χ2n) is 3.47. The van der Waals surface area contributed by atoms with Crippen LogP contribution in [-0.2, 0) is 10.8 Å². The van der Waals surface area contributed by atoms with Gasteiger partial charge in [-0.2, -0.15) is 5.10 Å². The summed E-state index contributed by atoms with van der Waals surface area (Å²) in [6, 6.07) is 1.76. The van der Waals surface area contributed by atoms with Crippen molar-refractivity contribution in [3.8, 4) is 0 Å². The van der Waals surface area contributed by atoms with Crippen LogP contribution >= 0.6 is 12.2 Å². The molecule has 0 spiro atoms. The van der Waals surface area contributed by atoms with Crippen LogP contribution in [0.5, 0.6) is 0 Å². The van der Waals surface area contributed by atoms with E-state index < -0.39 is 10.8 Å². The number of anilines is 1. The van der Waals surface area contributed by atoms with E-state index in [2.05, 4.69) is 10.2 Å². The molecule has 0 atom stereocenters. The molecular weight excluding hydrogens is 244 g/mol. The summed E-state index contributed by atoms with van der Waals surface area (Å²) in [5.41, 5.74) is 6.36. The molecule has 1 aromatic heterocycles. The smallest absolute Gasteiger partial charge is 0.161 e. The van der Waals surface area contributed by atoms with E-state index in [-0.39, 0.29) is 0 Å². The number of aromatic nitrogens is 2. The number of thiocarbonyl (C=S) groups is 1. The molecule has 2 N–H and O–H groups in total. The molecule has 2 heterocycles. The summed E-state index contributed by atoms with van der Waals surface area (Å²) in [4.78, 5) is 2.35. The normalized spacial score (nSPS) is 17.4. The maximum atomic E-state index is 11.3. The molecule has 0 bridgehead atoms. The summed E-state index contributed by atoms with van der Waals surface area (Å²) in [7, 11) is -0.706. The maximum absolute atomic E-state index is 11.3. The zero-order valence-corrected chi connectivity index (χ0v) is 10.3. The maximum Gasteiger partial charge on any atom is 0.161 e. The molecule has 1 aliphatic heterocycles. The van der Waals surface area contributed by atoms with Crippen molar-refractivity contribution in [1.82, 2.24) is 10.2 Å². The highest BCUT2D eigenvalue weighted by molar-refractivity contribution is 7.85. The first kappa shape index (κ1) is 11.4. The van der Waals surface area contributed by atoms with Crippen LogP contribution in [0.2, 0.25) is 0 Å². The Hall–Kier alpha value is -1.08. The van der Waals surface area contributed by atoms with Crippen LogP contribution in [0.25, 0.3) is 0 Å². The monoisotopic (exact) mass is 256 g/mol. The Morgan fingerprint density at radius 3 is 2.81 bits per heavy atom. The lowest BCUT2D eigenvalue weighted by atomic mass is 10.2. The van der Waals surface area contributed by atoms with Gasteiger partial charge in [0.05, 0.1) is 11.8 Å². The van der Waals surface area contributed by atoms with E-state index in [0.717, 1.165) is 5.56 Å². The largest absolute Gasteiger partial charge is 0.389 e. The van der Waals surface area contributed by atoms with Crippen LogP contribution in [0.4, 0.5) is 5.82 Å². The van der Waals surface area contributed by atoms with E-state index in [0.29, 0.717) is 35.4 Å². The Balaban J connectivity index is 2.26. The molecule has 7 heteroatoms. The average Bonchev–Trinajstić information content (AvgIpc) is 2.30. The van der Waals surface area contributed by atoms with Crippen molar-refractivity contribution in [2.75, 3.05) is 29.5 Å². The lowest BCUT2D eigenvalue weighted by molar-refractivity contribution is 0.671. The quantitative estimate of drug-likeness (QED) is 0.731. The minimum atomic E-state index is -0.706. The summed E-state index contributed by atoms with van der Waals surface area (Å²) in [6.07, 6.45) is 1.57. The van der Waals surface area contributed by atoms with E-state index in [9.17, 15) is 4.21 Å². The topological polar surface area (TPSA) is 72.1 Å². The summed E-state index contributed by atoms with van der Waals surface area (Å²) in [5, 5.41) is 7.90. The zero-order chi connectivity index (χ0) is 11.5. The van der Waals surface area contributed by atoms with Crippen LogP contribution in [0.15, 0.2) is 12.3 Å². The van der Waals surface area contributed by atoms with Gasteiger partial charge in [0, 0.05) is 35.4 Å². The molecular formula is C9H12N4OS2. The van der Waals surface area contributed by atoms with E-state index in [1.165, 1.54) is 0 Å². The molecule has 0 aromatic carbocycles. The molecule has 86 valence electrons. The third-order valence-electron chi connectivity index (χ3n) is 2.44. The fraction of sp³-hybridized carbons (Fsp3) is 0.444. The summed E-state index contributed by atoms with van der Waals surface area (Å²) >= 11 is 4.97. The molecule has 0 amide bonds. The van der Waals surface area contributed by atoms with Gasteiger partial charge >= 0.3 is 0 Å². The van der Waals surface area contributed by atoms with Crippen LogP contribution in [-0.4, -0.2) is 44.0 Å². The van der Waals surface area contributed by atoms with Crippen molar-refractivity contribution < 1.29 is 4.21 Å². The van der Waals surface area contributed by atoms with Crippen LogP contribution in [0.3, 0.4) is 0 Å². The molecule has 0 saturated carbocycles. The first-order chi connectivity index (χ1) is 7.68. The predicted molar refractivity (Wildman–Crippen MR) is 68.0 cm³/mol. The Labute approximate surface area is 101 Å². The van der Waals surface area contributed by atoms with Gasteiger partial charge in [0.25, 0.3) is 0 Å². The highest BCUT2D eigenvalue weighted by atomic mass is 32.2. The lowest BCUT2D eigenvalue weighted by Gasteiger charge is -2.28. The Kier molecular flexibility index (Phi) is 3.45. The Morgan fingerprint density at radius 2 is 2.19 bits per heavy atom. The van der Waals surface area contributed by atoms with Gasteiger partial charge in [0.2, 0.25) is 0 Å². The number of hydrogen-bond acceptors (Lipinski definition) is 5. The highest BCUT2D eigenvalue weighted by Gasteiger charge is 2.20. The van der Waals surface area contributed by atoms with Gasteiger partial charge in [-0.3, -0.25) is 4.21 Å². The van der Waals surface area contributed by atoms with E-state index >= 15 is 0 Å². The molecule has 0 aliphatic carbocycles. The summed E-state index contributed by atoms with van der Waals surface area (Å²) < 4.78 is 11.3. The molecule has 2 rings (SSSR count).